The predicted octanol–water partition coefficient (Wildman–Crippen LogP) is 3.44. The Hall–Kier alpha value is -1.16. The van der Waals surface area contributed by atoms with E-state index in [1.807, 2.05) is 0 Å². The first kappa shape index (κ1) is 13.3. The molecule has 1 heterocycles. The van der Waals surface area contributed by atoms with Gasteiger partial charge in [0.25, 0.3) is 0 Å². The predicted molar refractivity (Wildman–Crippen MR) is 66.4 cm³/mol. The van der Waals surface area contributed by atoms with Crippen LogP contribution in [0.25, 0.3) is 0 Å². The highest BCUT2D eigenvalue weighted by molar-refractivity contribution is 5.29. The zero-order chi connectivity index (χ0) is 13.0. The standard InChI is InChI=1S/C14H19F2NO/c15-12-8-11(9-13(16)14(12)18)10-17-6-4-2-1-3-5-7-17/h8-9,18H,1-7,10H2. The molecule has 4 heteroatoms. The van der Waals surface area contributed by atoms with E-state index in [-0.39, 0.29) is 0 Å². The largest absolute Gasteiger partial charge is 0.503 e. The summed E-state index contributed by atoms with van der Waals surface area (Å²) >= 11 is 0. The van der Waals surface area contributed by atoms with Gasteiger partial charge >= 0.3 is 0 Å². The van der Waals surface area contributed by atoms with Gasteiger partial charge in [-0.25, -0.2) is 8.78 Å². The fourth-order valence-electron chi connectivity index (χ4n) is 2.44. The summed E-state index contributed by atoms with van der Waals surface area (Å²) < 4.78 is 26.5. The van der Waals surface area contributed by atoms with Crippen molar-refractivity contribution in [1.29, 1.82) is 0 Å². The van der Waals surface area contributed by atoms with Gasteiger partial charge in [-0.15, -0.1) is 0 Å². The van der Waals surface area contributed by atoms with Crippen LogP contribution < -0.4 is 0 Å². The van der Waals surface area contributed by atoms with E-state index < -0.39 is 17.4 Å². The molecular weight excluding hydrogens is 236 g/mol. The zero-order valence-corrected chi connectivity index (χ0v) is 10.5. The summed E-state index contributed by atoms with van der Waals surface area (Å²) in [7, 11) is 0. The first-order valence-electron chi connectivity index (χ1n) is 6.56. The average molecular weight is 255 g/mol. The number of nitrogens with zero attached hydrogens (tertiary/aromatic N) is 1. The summed E-state index contributed by atoms with van der Waals surface area (Å²) in [5.41, 5.74) is 0.586. The summed E-state index contributed by atoms with van der Waals surface area (Å²) in [6.07, 6.45) is 6.03. The number of benzene rings is 1. The van der Waals surface area contributed by atoms with Gasteiger partial charge in [-0.3, -0.25) is 4.90 Å². The van der Waals surface area contributed by atoms with E-state index >= 15 is 0 Å². The molecule has 0 saturated carbocycles. The van der Waals surface area contributed by atoms with Crippen LogP contribution in [-0.4, -0.2) is 23.1 Å². The molecule has 100 valence electrons. The highest BCUT2D eigenvalue weighted by Crippen LogP contribution is 2.22. The minimum Gasteiger partial charge on any atom is -0.503 e. The monoisotopic (exact) mass is 255 g/mol. The van der Waals surface area contributed by atoms with Gasteiger partial charge in [-0.2, -0.15) is 0 Å². The van der Waals surface area contributed by atoms with Crippen molar-refractivity contribution >= 4 is 0 Å². The number of hydrogen-bond donors (Lipinski definition) is 1. The molecule has 1 aliphatic rings. The first-order valence-corrected chi connectivity index (χ1v) is 6.56. The molecule has 2 rings (SSSR count). The van der Waals surface area contributed by atoms with E-state index in [1.54, 1.807) is 0 Å². The van der Waals surface area contributed by atoms with E-state index in [1.165, 1.54) is 31.4 Å². The second-order valence-electron chi connectivity index (χ2n) is 4.95. The molecule has 0 spiro atoms. The zero-order valence-electron chi connectivity index (χ0n) is 10.5. The van der Waals surface area contributed by atoms with E-state index in [0.717, 1.165) is 25.9 Å². The SMILES string of the molecule is Oc1c(F)cc(CN2CCCCCCC2)cc1F. The molecular formula is C14H19F2NO. The van der Waals surface area contributed by atoms with Gasteiger partial charge in [0.05, 0.1) is 0 Å². The number of phenols is 1. The van der Waals surface area contributed by atoms with Crippen LogP contribution in [0.1, 0.15) is 37.7 Å². The fraction of sp³-hybridized carbons (Fsp3) is 0.571. The lowest BCUT2D eigenvalue weighted by molar-refractivity contribution is 0.239. The third kappa shape index (κ3) is 3.42. The van der Waals surface area contributed by atoms with Gasteiger partial charge in [-0.05, 0) is 43.6 Å². The molecule has 1 aromatic rings. The maximum absolute atomic E-state index is 13.2. The number of likely N-dealkylation sites (tertiary alicyclic amines) is 1. The molecule has 0 amide bonds. The number of halogens is 2. The Labute approximate surface area is 106 Å². The molecule has 18 heavy (non-hydrogen) atoms. The van der Waals surface area contributed by atoms with Crippen LogP contribution in [0.5, 0.6) is 5.75 Å². The smallest absolute Gasteiger partial charge is 0.187 e. The van der Waals surface area contributed by atoms with E-state index in [9.17, 15) is 8.78 Å². The second-order valence-corrected chi connectivity index (χ2v) is 4.95. The Balaban J connectivity index is 2.03. The number of hydrogen-bond acceptors (Lipinski definition) is 2. The summed E-state index contributed by atoms with van der Waals surface area (Å²) in [5.74, 6) is -2.64. The molecule has 1 saturated heterocycles. The Kier molecular flexibility index (Phi) is 4.53. The van der Waals surface area contributed by atoms with Crippen molar-refractivity contribution in [2.45, 2.75) is 38.6 Å². The quantitative estimate of drug-likeness (QED) is 0.875. The Morgan fingerprint density at radius 2 is 1.44 bits per heavy atom. The Bertz CT molecular complexity index is 378. The molecule has 0 atom stereocenters. The van der Waals surface area contributed by atoms with Crippen LogP contribution in [0.4, 0.5) is 8.78 Å². The van der Waals surface area contributed by atoms with Crippen LogP contribution in [-0.2, 0) is 6.54 Å². The number of rotatable bonds is 2. The molecule has 1 N–H and O–H groups in total. The Morgan fingerprint density at radius 3 is 2.00 bits per heavy atom. The lowest BCUT2D eigenvalue weighted by Crippen LogP contribution is -2.26. The molecule has 2 nitrogen and oxygen atoms in total. The van der Waals surface area contributed by atoms with Crippen molar-refractivity contribution in [3.8, 4) is 5.75 Å². The van der Waals surface area contributed by atoms with Gasteiger partial charge in [0.15, 0.2) is 17.4 Å². The van der Waals surface area contributed by atoms with Crippen molar-refractivity contribution in [3.05, 3.63) is 29.3 Å². The van der Waals surface area contributed by atoms with Crippen LogP contribution in [0.2, 0.25) is 0 Å². The second kappa shape index (κ2) is 6.14. The molecule has 0 unspecified atom stereocenters. The number of aromatic hydroxyl groups is 1. The summed E-state index contributed by atoms with van der Waals surface area (Å²) in [6.45, 7) is 2.50. The van der Waals surface area contributed by atoms with E-state index in [2.05, 4.69) is 4.90 Å². The van der Waals surface area contributed by atoms with Crippen LogP contribution >= 0.6 is 0 Å². The third-order valence-corrected chi connectivity index (χ3v) is 3.43. The molecule has 1 aliphatic heterocycles. The minimum absolute atomic E-state index is 0.550. The fourth-order valence-corrected chi connectivity index (χ4v) is 2.44. The Morgan fingerprint density at radius 1 is 0.944 bits per heavy atom. The first-order chi connectivity index (χ1) is 8.66. The lowest BCUT2D eigenvalue weighted by atomic mass is 10.1. The van der Waals surface area contributed by atoms with E-state index in [4.69, 9.17) is 5.11 Å². The molecule has 0 aliphatic carbocycles. The average Bonchev–Trinajstić information content (AvgIpc) is 2.29. The summed E-state index contributed by atoms with van der Waals surface area (Å²) in [6, 6.07) is 2.44. The minimum atomic E-state index is -0.883. The molecule has 0 bridgehead atoms. The van der Waals surface area contributed by atoms with Gasteiger partial charge in [0.1, 0.15) is 0 Å². The van der Waals surface area contributed by atoms with Crippen molar-refractivity contribution in [3.63, 3.8) is 0 Å². The maximum Gasteiger partial charge on any atom is 0.187 e. The topological polar surface area (TPSA) is 23.5 Å². The molecule has 1 aromatic carbocycles. The van der Waals surface area contributed by atoms with Crippen molar-refractivity contribution in [1.82, 2.24) is 4.90 Å². The van der Waals surface area contributed by atoms with Gasteiger partial charge in [0, 0.05) is 6.54 Å². The third-order valence-electron chi connectivity index (χ3n) is 3.43. The normalized spacial score (nSPS) is 18.3. The maximum atomic E-state index is 13.2. The van der Waals surface area contributed by atoms with Gasteiger partial charge in [-0.1, -0.05) is 19.3 Å². The van der Waals surface area contributed by atoms with E-state index in [0.29, 0.717) is 12.1 Å². The van der Waals surface area contributed by atoms with Crippen molar-refractivity contribution in [2.75, 3.05) is 13.1 Å². The summed E-state index contributed by atoms with van der Waals surface area (Å²) in [5, 5.41) is 9.06. The molecule has 0 radical (unpaired) electrons. The highest BCUT2D eigenvalue weighted by atomic mass is 19.1. The number of phenolic OH excluding ortho intramolecular Hbond substituents is 1. The van der Waals surface area contributed by atoms with Crippen LogP contribution in [0, 0.1) is 11.6 Å². The van der Waals surface area contributed by atoms with Crippen molar-refractivity contribution < 1.29 is 13.9 Å². The van der Waals surface area contributed by atoms with Crippen LogP contribution in [0.15, 0.2) is 12.1 Å². The molecule has 0 aromatic heterocycles. The summed E-state index contributed by atoms with van der Waals surface area (Å²) in [4.78, 5) is 2.23. The van der Waals surface area contributed by atoms with Gasteiger partial charge in [0.2, 0.25) is 0 Å². The molecule has 1 fully saturated rings. The van der Waals surface area contributed by atoms with Gasteiger partial charge < -0.3 is 5.11 Å². The van der Waals surface area contributed by atoms with Crippen molar-refractivity contribution in [2.24, 2.45) is 0 Å². The lowest BCUT2D eigenvalue weighted by Gasteiger charge is -2.24. The van der Waals surface area contributed by atoms with Crippen LogP contribution in [0.3, 0.4) is 0 Å². The highest BCUT2D eigenvalue weighted by Gasteiger charge is 2.13.